The molecule has 0 aliphatic carbocycles. The number of rotatable bonds is 14. The van der Waals surface area contributed by atoms with Gasteiger partial charge in [-0.1, -0.05) is 98.4 Å². The molecule has 12 aromatic rings. The van der Waals surface area contributed by atoms with Gasteiger partial charge in [0.05, 0.1) is 47.8 Å². The standard InChI is InChI=1S/2C23H18F3N3O2.C15H9F3N2O2.C8H11NO.CH4/c2*1-15-3-2-4-19(28-15)11-12-29-22(30)21-13-17(5-6-18(21)14-27-29)16-7-9-20(10-8-16)31-23(24,25)26;16-15(17,18)22-12-5-3-9(4-6-12)10-1-2-11-8-19-20-14(21)13(11)7-10;1-7-3-2-4-8(9-7)5-6-10;/h2*2-10,13-14H,11-12H2,1H3;1-8H,(H,20,21);2-4,10H,5-6H2,1H3;1H4. The fourth-order valence-electron chi connectivity index (χ4n) is 9.62. The Hall–Kier alpha value is -11.1. The van der Waals surface area contributed by atoms with Gasteiger partial charge in [0.15, 0.2) is 0 Å². The third kappa shape index (κ3) is 20.2. The van der Waals surface area contributed by atoms with Crippen molar-refractivity contribution in [3.8, 4) is 50.6 Å². The maximum atomic E-state index is 12.9. The number of aliphatic hydroxyl groups excluding tert-OH is 1. The highest BCUT2D eigenvalue weighted by molar-refractivity contribution is 5.88. The van der Waals surface area contributed by atoms with Crippen LogP contribution in [0.4, 0.5) is 39.5 Å². The molecule has 0 bridgehead atoms. The number of alkyl halides is 9. The van der Waals surface area contributed by atoms with E-state index in [4.69, 9.17) is 5.11 Å². The number of nitrogens with zero attached hydrogens (tertiary/aromatic N) is 8. The number of halogens is 9. The first-order valence-electron chi connectivity index (χ1n) is 28.8. The van der Waals surface area contributed by atoms with Gasteiger partial charge in [-0.25, -0.2) is 14.5 Å². The average Bonchev–Trinajstić information content (AvgIpc) is 0.812. The van der Waals surface area contributed by atoms with E-state index < -0.39 is 19.1 Å². The van der Waals surface area contributed by atoms with E-state index in [-0.39, 0.29) is 48.0 Å². The van der Waals surface area contributed by atoms with Gasteiger partial charge in [0.25, 0.3) is 16.7 Å². The summed E-state index contributed by atoms with van der Waals surface area (Å²) in [5.74, 6) is -0.888. The molecule has 6 aromatic carbocycles. The third-order valence-corrected chi connectivity index (χ3v) is 14.0. The molecule has 95 heavy (non-hydrogen) atoms. The average molecular weight is 1310 g/mol. The largest absolute Gasteiger partial charge is 0.573 e. The predicted octanol–water partition coefficient (Wildman–Crippen LogP) is 14.9. The number of hydrogen-bond acceptors (Lipinski definition) is 13. The molecule has 0 saturated heterocycles. The van der Waals surface area contributed by atoms with Crippen LogP contribution in [0.2, 0.25) is 0 Å². The number of fused-ring (bicyclic) bond motifs is 3. The number of pyridine rings is 3. The van der Waals surface area contributed by atoms with Crippen LogP contribution in [0.1, 0.15) is 41.6 Å². The third-order valence-electron chi connectivity index (χ3n) is 14.0. The molecule has 0 fully saturated rings. The zero-order valence-corrected chi connectivity index (χ0v) is 50.2. The van der Waals surface area contributed by atoms with Gasteiger partial charge in [0, 0.05) is 76.2 Å². The van der Waals surface area contributed by atoms with Crippen molar-refractivity contribution >= 4 is 32.3 Å². The molecule has 25 heteroatoms. The second-order valence-corrected chi connectivity index (χ2v) is 21.0. The van der Waals surface area contributed by atoms with Crippen LogP contribution in [0.5, 0.6) is 17.2 Å². The number of aromatic amines is 1. The van der Waals surface area contributed by atoms with Crippen LogP contribution in [-0.4, -0.2) is 75.5 Å². The molecule has 12 rings (SSSR count). The Morgan fingerprint density at radius 3 is 1.05 bits per heavy atom. The smallest absolute Gasteiger partial charge is 0.406 e. The summed E-state index contributed by atoms with van der Waals surface area (Å²) in [7, 11) is 0. The maximum Gasteiger partial charge on any atom is 0.573 e. The number of aromatic nitrogens is 9. The summed E-state index contributed by atoms with van der Waals surface area (Å²) in [5.41, 5.74) is 8.90. The Morgan fingerprint density at radius 1 is 0.411 bits per heavy atom. The van der Waals surface area contributed by atoms with E-state index in [0.717, 1.165) is 34.2 Å². The highest BCUT2D eigenvalue weighted by Gasteiger charge is 2.32. The topological polar surface area (TPSA) is 202 Å². The molecule has 6 aromatic heterocycles. The van der Waals surface area contributed by atoms with Crippen LogP contribution in [0, 0.1) is 20.8 Å². The second kappa shape index (κ2) is 31.0. The highest BCUT2D eigenvalue weighted by atomic mass is 19.4. The summed E-state index contributed by atoms with van der Waals surface area (Å²) < 4.78 is 125. The van der Waals surface area contributed by atoms with E-state index in [1.54, 1.807) is 67.0 Å². The maximum absolute atomic E-state index is 12.9. The molecule has 0 amide bonds. The Bertz CT molecular complexity index is 4550. The van der Waals surface area contributed by atoms with E-state index >= 15 is 0 Å². The van der Waals surface area contributed by atoms with E-state index in [1.807, 2.05) is 75.4 Å². The lowest BCUT2D eigenvalue weighted by Gasteiger charge is -2.10. The van der Waals surface area contributed by atoms with Crippen molar-refractivity contribution in [3.05, 3.63) is 266 Å². The zero-order chi connectivity index (χ0) is 67.2. The molecule has 16 nitrogen and oxygen atoms in total. The normalized spacial score (nSPS) is 11.3. The molecule has 0 aliphatic rings. The lowest BCUT2D eigenvalue weighted by Crippen LogP contribution is -2.24. The Labute approximate surface area is 536 Å². The fourth-order valence-corrected chi connectivity index (χ4v) is 9.62. The van der Waals surface area contributed by atoms with Crippen LogP contribution in [-0.2, 0) is 32.4 Å². The number of nitrogens with one attached hydrogen (secondary N) is 1. The van der Waals surface area contributed by atoms with Gasteiger partial charge in [-0.05, 0) is 145 Å². The van der Waals surface area contributed by atoms with Crippen LogP contribution in [0.15, 0.2) is 215 Å². The van der Waals surface area contributed by atoms with Gasteiger partial charge in [-0.2, -0.15) is 15.3 Å². The van der Waals surface area contributed by atoms with E-state index in [9.17, 15) is 53.9 Å². The number of aliphatic hydroxyl groups is 1. The lowest BCUT2D eigenvalue weighted by atomic mass is 10.0. The van der Waals surface area contributed by atoms with Gasteiger partial charge < -0.3 is 19.3 Å². The molecule has 6 heterocycles. The van der Waals surface area contributed by atoms with Crippen molar-refractivity contribution in [2.24, 2.45) is 0 Å². The van der Waals surface area contributed by atoms with Crippen LogP contribution >= 0.6 is 0 Å². The molecule has 0 saturated carbocycles. The Balaban J connectivity index is 0.000000171. The van der Waals surface area contributed by atoms with Gasteiger partial charge >= 0.3 is 19.1 Å². The molecule has 0 aliphatic heterocycles. The summed E-state index contributed by atoms with van der Waals surface area (Å²) in [6.07, 6.45) is -7.62. The molecule has 0 unspecified atom stereocenters. The first-order chi connectivity index (χ1) is 44.8. The van der Waals surface area contributed by atoms with Crippen molar-refractivity contribution in [2.45, 2.75) is 79.6 Å². The second-order valence-electron chi connectivity index (χ2n) is 21.0. The van der Waals surface area contributed by atoms with Crippen molar-refractivity contribution in [1.82, 2.24) is 44.7 Å². The van der Waals surface area contributed by atoms with Crippen LogP contribution < -0.4 is 30.9 Å². The molecule has 0 radical (unpaired) electrons. The Morgan fingerprint density at radius 2 is 0.726 bits per heavy atom. The number of H-pyrrole nitrogens is 1. The minimum atomic E-state index is -4.74. The molecule has 490 valence electrons. The number of hydrogen-bond donors (Lipinski definition) is 2. The quantitative estimate of drug-likeness (QED) is 0.0975. The molecular formula is C70H60F9N9O7. The SMILES string of the molecule is C.Cc1cccc(CCO)n1.Cc1cccc(CCn2ncc3ccc(-c4ccc(OC(F)(F)F)cc4)cc3c2=O)n1.Cc1cccc(CCn2ncc3ccc(-c4ccc(OC(F)(F)F)cc4)cc3c2=O)n1.O=c1[nH]ncc2ccc(-c3ccc(OC(F)(F)F)cc3)cc12. The van der Waals surface area contributed by atoms with Gasteiger partial charge in [-0.15, -0.1) is 39.5 Å². The number of aryl methyl sites for hydroxylation is 7. The van der Waals surface area contributed by atoms with Crippen molar-refractivity contribution in [3.63, 3.8) is 0 Å². The predicted molar refractivity (Wildman–Crippen MR) is 343 cm³/mol. The number of benzene rings is 6. The minimum absolute atomic E-state index is 0. The van der Waals surface area contributed by atoms with Gasteiger partial charge in [0.2, 0.25) is 0 Å². The summed E-state index contributed by atoms with van der Waals surface area (Å²) in [6, 6.07) is 49.5. The van der Waals surface area contributed by atoms with E-state index in [2.05, 4.69) is 49.6 Å². The van der Waals surface area contributed by atoms with E-state index in [0.29, 0.717) is 98.1 Å². The highest BCUT2D eigenvalue weighted by Crippen LogP contribution is 2.31. The van der Waals surface area contributed by atoms with Crippen molar-refractivity contribution in [2.75, 3.05) is 6.61 Å². The fraction of sp³-hybridized carbons (Fsp3) is 0.186. The Kier molecular flexibility index (Phi) is 22.8. The van der Waals surface area contributed by atoms with Gasteiger partial charge in [-0.3, -0.25) is 29.3 Å². The molecule has 2 N–H and O–H groups in total. The molecule has 0 atom stereocenters. The van der Waals surface area contributed by atoms with Crippen LogP contribution in [0.25, 0.3) is 65.7 Å². The minimum Gasteiger partial charge on any atom is -0.406 e. The monoisotopic (exact) mass is 1310 g/mol. The first-order valence-corrected chi connectivity index (χ1v) is 28.8. The van der Waals surface area contributed by atoms with Crippen LogP contribution in [0.3, 0.4) is 0 Å². The summed E-state index contributed by atoms with van der Waals surface area (Å²) in [6.45, 7) is 6.72. The first kappa shape index (κ1) is 69.8. The summed E-state index contributed by atoms with van der Waals surface area (Å²) >= 11 is 0. The summed E-state index contributed by atoms with van der Waals surface area (Å²) in [5, 5.41) is 26.6. The van der Waals surface area contributed by atoms with E-state index in [1.165, 1.54) is 88.4 Å². The van der Waals surface area contributed by atoms with Crippen molar-refractivity contribution < 1.29 is 58.8 Å². The lowest BCUT2D eigenvalue weighted by molar-refractivity contribution is -0.275. The number of ether oxygens (including phenoxy) is 3. The zero-order valence-electron chi connectivity index (χ0n) is 50.2. The molecule has 0 spiro atoms. The molecular weight excluding hydrogens is 1250 g/mol. The van der Waals surface area contributed by atoms with Gasteiger partial charge in [0.1, 0.15) is 17.2 Å². The summed E-state index contributed by atoms with van der Waals surface area (Å²) in [4.78, 5) is 50.7. The van der Waals surface area contributed by atoms with Crippen molar-refractivity contribution in [1.29, 1.82) is 0 Å².